The van der Waals surface area contributed by atoms with Crippen LogP contribution in [0.1, 0.15) is 49.9 Å². The van der Waals surface area contributed by atoms with E-state index in [2.05, 4.69) is 21.7 Å². The number of carbonyl (C=O) groups excluding carboxylic acids is 1. The molecule has 1 atom stereocenters. The molecule has 2 aromatic carbocycles. The predicted octanol–water partition coefficient (Wildman–Crippen LogP) is 5.37. The van der Waals surface area contributed by atoms with Crippen molar-refractivity contribution in [1.82, 2.24) is 14.8 Å². The lowest BCUT2D eigenvalue weighted by Crippen LogP contribution is -2.15. The third-order valence-corrected chi connectivity index (χ3v) is 6.20. The lowest BCUT2D eigenvalue weighted by atomic mass is 9.96. The number of aromatic nitrogens is 3. The van der Waals surface area contributed by atoms with Gasteiger partial charge in [-0.2, -0.15) is 0 Å². The summed E-state index contributed by atoms with van der Waals surface area (Å²) >= 11 is 7.73. The van der Waals surface area contributed by atoms with Gasteiger partial charge < -0.3 is 10.5 Å². The summed E-state index contributed by atoms with van der Waals surface area (Å²) in [4.78, 5) is 11.4. The molecule has 8 heteroatoms. The van der Waals surface area contributed by atoms with Gasteiger partial charge in [-0.25, -0.2) is 0 Å². The fraction of sp³-hybridized carbons (Fsp3) is 0.348. The smallest absolute Gasteiger partial charge is 0.217 e. The van der Waals surface area contributed by atoms with Gasteiger partial charge in [0.1, 0.15) is 11.6 Å². The second kappa shape index (κ2) is 11.2. The summed E-state index contributed by atoms with van der Waals surface area (Å²) in [6.45, 7) is 2.12. The molecule has 0 aliphatic carbocycles. The van der Waals surface area contributed by atoms with Crippen LogP contribution in [0.5, 0.6) is 5.75 Å². The number of thioether (sulfide) groups is 1. The number of halogens is 1. The first-order valence-corrected chi connectivity index (χ1v) is 11.6. The lowest BCUT2D eigenvalue weighted by Gasteiger charge is -2.18. The third-order valence-electron chi connectivity index (χ3n) is 4.97. The molecule has 0 radical (unpaired) electrons. The van der Waals surface area contributed by atoms with Gasteiger partial charge in [-0.1, -0.05) is 54.9 Å². The van der Waals surface area contributed by atoms with Gasteiger partial charge in [0, 0.05) is 29.2 Å². The Kier molecular flexibility index (Phi) is 8.37. The van der Waals surface area contributed by atoms with Crippen LogP contribution in [0.4, 0.5) is 0 Å². The molecule has 0 fully saturated rings. The SMILES string of the molecule is CCCC(CCC(N)=O)c1nnc(SCc2cccc(Cl)c2)n1-c1cccc(OC)c1. The number of rotatable bonds is 11. The van der Waals surface area contributed by atoms with Crippen molar-refractivity contribution in [3.05, 3.63) is 64.9 Å². The van der Waals surface area contributed by atoms with Crippen molar-refractivity contribution in [2.45, 2.75) is 49.4 Å². The van der Waals surface area contributed by atoms with Crippen molar-refractivity contribution >= 4 is 29.3 Å². The molecule has 3 aromatic rings. The van der Waals surface area contributed by atoms with Crippen molar-refractivity contribution in [3.63, 3.8) is 0 Å². The fourth-order valence-electron chi connectivity index (χ4n) is 3.47. The average molecular weight is 459 g/mol. The van der Waals surface area contributed by atoms with Crippen LogP contribution in [0.2, 0.25) is 5.02 Å². The van der Waals surface area contributed by atoms with E-state index in [0.717, 1.165) is 40.8 Å². The molecule has 0 aliphatic rings. The van der Waals surface area contributed by atoms with Crippen LogP contribution < -0.4 is 10.5 Å². The summed E-state index contributed by atoms with van der Waals surface area (Å²) in [5.74, 6) is 2.08. The van der Waals surface area contributed by atoms with Crippen molar-refractivity contribution in [1.29, 1.82) is 0 Å². The monoisotopic (exact) mass is 458 g/mol. The van der Waals surface area contributed by atoms with E-state index in [1.54, 1.807) is 18.9 Å². The van der Waals surface area contributed by atoms with Crippen molar-refractivity contribution in [2.24, 2.45) is 5.73 Å². The van der Waals surface area contributed by atoms with Crippen LogP contribution in [0.15, 0.2) is 53.7 Å². The highest BCUT2D eigenvalue weighted by Crippen LogP contribution is 2.33. The van der Waals surface area contributed by atoms with Crippen molar-refractivity contribution in [2.75, 3.05) is 7.11 Å². The average Bonchev–Trinajstić information content (AvgIpc) is 3.19. The first-order chi connectivity index (χ1) is 15.0. The maximum Gasteiger partial charge on any atom is 0.217 e. The van der Waals surface area contributed by atoms with E-state index in [9.17, 15) is 4.79 Å². The van der Waals surface area contributed by atoms with Crippen LogP contribution in [0.3, 0.4) is 0 Å². The number of primary amides is 1. The van der Waals surface area contributed by atoms with E-state index in [0.29, 0.717) is 23.6 Å². The summed E-state index contributed by atoms with van der Waals surface area (Å²) < 4.78 is 7.49. The summed E-state index contributed by atoms with van der Waals surface area (Å²) in [5, 5.41) is 10.5. The van der Waals surface area contributed by atoms with E-state index < -0.39 is 0 Å². The molecule has 2 N–H and O–H groups in total. The molecule has 0 saturated heterocycles. The maximum absolute atomic E-state index is 11.4. The number of hydrogen-bond acceptors (Lipinski definition) is 5. The minimum atomic E-state index is -0.302. The molecule has 1 aromatic heterocycles. The lowest BCUT2D eigenvalue weighted by molar-refractivity contribution is -0.118. The number of benzene rings is 2. The molecule has 31 heavy (non-hydrogen) atoms. The number of hydrogen-bond donors (Lipinski definition) is 1. The molecule has 0 aliphatic heterocycles. The quantitative estimate of drug-likeness (QED) is 0.390. The van der Waals surface area contributed by atoms with E-state index in [1.807, 2.05) is 48.5 Å². The summed E-state index contributed by atoms with van der Waals surface area (Å²) in [7, 11) is 1.65. The molecule has 0 saturated carbocycles. The first kappa shape index (κ1) is 23.2. The van der Waals surface area contributed by atoms with Gasteiger partial charge in [0.15, 0.2) is 5.16 Å². The fourth-order valence-corrected chi connectivity index (χ4v) is 4.59. The van der Waals surface area contributed by atoms with Gasteiger partial charge in [-0.15, -0.1) is 10.2 Å². The van der Waals surface area contributed by atoms with Gasteiger partial charge >= 0.3 is 0 Å². The van der Waals surface area contributed by atoms with Crippen molar-refractivity contribution in [3.8, 4) is 11.4 Å². The number of ether oxygens (including phenoxy) is 1. The second-order valence-corrected chi connectivity index (χ2v) is 8.67. The Labute approximate surface area is 192 Å². The van der Waals surface area contributed by atoms with Gasteiger partial charge in [0.25, 0.3) is 0 Å². The second-order valence-electron chi connectivity index (χ2n) is 7.29. The van der Waals surface area contributed by atoms with Crippen LogP contribution in [-0.2, 0) is 10.5 Å². The molecule has 1 heterocycles. The highest BCUT2D eigenvalue weighted by molar-refractivity contribution is 7.98. The Morgan fingerprint density at radius 1 is 1.19 bits per heavy atom. The zero-order valence-electron chi connectivity index (χ0n) is 17.8. The predicted molar refractivity (Wildman–Crippen MR) is 125 cm³/mol. The number of nitrogens with two attached hydrogens (primary N) is 1. The molecular weight excluding hydrogens is 432 g/mol. The largest absolute Gasteiger partial charge is 0.497 e. The molecule has 164 valence electrons. The van der Waals surface area contributed by atoms with Crippen LogP contribution >= 0.6 is 23.4 Å². The Balaban J connectivity index is 1.98. The zero-order chi connectivity index (χ0) is 22.2. The number of carbonyl (C=O) groups is 1. The topological polar surface area (TPSA) is 83.0 Å². The minimum Gasteiger partial charge on any atom is -0.497 e. The normalized spacial score (nSPS) is 12.0. The summed E-state index contributed by atoms with van der Waals surface area (Å²) in [5.41, 5.74) is 7.45. The van der Waals surface area contributed by atoms with Crippen LogP contribution in [0, 0.1) is 0 Å². The molecular formula is C23H27ClN4O2S. The Bertz CT molecular complexity index is 1020. The van der Waals surface area contributed by atoms with Gasteiger partial charge in [-0.3, -0.25) is 9.36 Å². The number of methoxy groups -OCH3 is 1. The van der Waals surface area contributed by atoms with Gasteiger partial charge in [-0.05, 0) is 42.7 Å². The van der Waals surface area contributed by atoms with Gasteiger partial charge in [0.2, 0.25) is 5.91 Å². The maximum atomic E-state index is 11.4. The number of nitrogens with zero attached hydrogens (tertiary/aromatic N) is 3. The van der Waals surface area contributed by atoms with Crippen LogP contribution in [-0.4, -0.2) is 27.8 Å². The molecule has 1 amide bonds. The molecule has 0 spiro atoms. The van der Waals surface area contributed by atoms with Crippen LogP contribution in [0.25, 0.3) is 5.69 Å². The van der Waals surface area contributed by atoms with E-state index in [1.165, 1.54) is 0 Å². The van der Waals surface area contributed by atoms with Gasteiger partial charge in [0.05, 0.1) is 12.8 Å². The Morgan fingerprint density at radius 3 is 2.71 bits per heavy atom. The summed E-state index contributed by atoms with van der Waals surface area (Å²) in [6.07, 6.45) is 2.83. The first-order valence-electron chi connectivity index (χ1n) is 10.3. The van der Waals surface area contributed by atoms with E-state index in [-0.39, 0.29) is 11.8 Å². The molecule has 1 unspecified atom stereocenters. The molecule has 6 nitrogen and oxygen atoms in total. The van der Waals surface area contributed by atoms with E-state index in [4.69, 9.17) is 22.1 Å². The van der Waals surface area contributed by atoms with Crippen molar-refractivity contribution < 1.29 is 9.53 Å². The standard InChI is InChI=1S/C23H27ClN4O2S/c1-3-6-17(11-12-21(25)29)22-26-27-23(31-15-16-7-4-8-18(24)13-16)28(22)19-9-5-10-20(14-19)30-2/h4-5,7-10,13-14,17H,3,6,11-12,15H2,1-2H3,(H2,25,29). The third kappa shape index (κ3) is 6.24. The molecule has 0 bridgehead atoms. The summed E-state index contributed by atoms with van der Waals surface area (Å²) in [6, 6.07) is 15.6. The number of amides is 1. The Morgan fingerprint density at radius 2 is 2.00 bits per heavy atom. The van der Waals surface area contributed by atoms with E-state index >= 15 is 0 Å². The zero-order valence-corrected chi connectivity index (χ0v) is 19.3. The highest BCUT2D eigenvalue weighted by Gasteiger charge is 2.23. The minimum absolute atomic E-state index is 0.0803. The highest BCUT2D eigenvalue weighted by atomic mass is 35.5. The Hall–Kier alpha value is -2.51. The molecule has 3 rings (SSSR count).